The summed E-state index contributed by atoms with van der Waals surface area (Å²) in [7, 11) is 0. The van der Waals surface area contributed by atoms with Crippen molar-refractivity contribution in [2.45, 2.75) is 105 Å². The number of carbonyl (C=O) groups excluding carboxylic acids is 6. The zero-order valence-corrected chi connectivity index (χ0v) is 27.0. The highest BCUT2D eigenvalue weighted by Crippen LogP contribution is 2.21. The molecule has 16 heteroatoms. The summed E-state index contributed by atoms with van der Waals surface area (Å²) in [5.74, 6) is 0. The zero-order chi connectivity index (χ0) is 33.6. The second-order valence-corrected chi connectivity index (χ2v) is 12.4. The Morgan fingerprint density at radius 2 is 1.09 bits per heavy atom. The Morgan fingerprint density at radius 3 is 1.57 bits per heavy atom. The van der Waals surface area contributed by atoms with Crippen molar-refractivity contribution in [2.75, 3.05) is 32.8 Å². The van der Waals surface area contributed by atoms with Gasteiger partial charge in [-0.25, -0.2) is 28.8 Å². The van der Waals surface area contributed by atoms with Gasteiger partial charge in [0.05, 0.1) is 0 Å². The molecule has 0 aliphatic carbocycles. The van der Waals surface area contributed by atoms with E-state index in [9.17, 15) is 28.8 Å². The second kappa shape index (κ2) is 21.7. The summed E-state index contributed by atoms with van der Waals surface area (Å²) in [5.41, 5.74) is 4.49. The molecular formula is C28H53N7O9. The third-order valence-corrected chi connectivity index (χ3v) is 5.56. The van der Waals surface area contributed by atoms with Gasteiger partial charge >= 0.3 is 36.4 Å². The number of hydrogen-bond acceptors (Lipinski definition) is 9. The molecule has 1 atom stereocenters. The Hall–Kier alpha value is -3.98. The molecule has 0 aliphatic heterocycles. The number of alkyl carbamates (subject to hydrolysis) is 2. The molecule has 0 aliphatic rings. The fraction of sp³-hybridized carbons (Fsp3) is 0.786. The van der Waals surface area contributed by atoms with E-state index >= 15 is 0 Å². The van der Waals surface area contributed by atoms with E-state index < -0.39 is 48.0 Å². The molecule has 0 heterocycles. The molecule has 0 saturated carbocycles. The summed E-state index contributed by atoms with van der Waals surface area (Å²) in [6.45, 7) is 12.1. The van der Waals surface area contributed by atoms with Gasteiger partial charge in [0.25, 0.3) is 0 Å². The van der Waals surface area contributed by atoms with Crippen molar-refractivity contribution >= 4 is 36.4 Å². The van der Waals surface area contributed by atoms with Crippen LogP contribution in [0.2, 0.25) is 0 Å². The van der Waals surface area contributed by atoms with Crippen LogP contribution in [0.3, 0.4) is 0 Å². The second-order valence-electron chi connectivity index (χ2n) is 12.4. The number of carbonyl (C=O) groups is 6. The Kier molecular flexibility index (Phi) is 19.7. The van der Waals surface area contributed by atoms with Crippen molar-refractivity contribution in [1.82, 2.24) is 31.9 Å². The lowest BCUT2D eigenvalue weighted by molar-refractivity contribution is 0.0419. The van der Waals surface area contributed by atoms with Gasteiger partial charge in [0.15, 0.2) is 0 Å². The summed E-state index contributed by atoms with van der Waals surface area (Å²) in [5, 5.41) is 14.2. The average Bonchev–Trinajstić information content (AvgIpc) is 2.87. The Balaban J connectivity index is 3.95. The van der Waals surface area contributed by atoms with E-state index in [-0.39, 0.29) is 18.6 Å². The summed E-state index contributed by atoms with van der Waals surface area (Å²) in [6.07, 6.45) is 4.17. The van der Waals surface area contributed by atoms with Crippen LogP contribution >= 0.6 is 0 Å². The maximum atomic E-state index is 12.0. The molecule has 44 heavy (non-hydrogen) atoms. The number of unbranched alkanes of at least 4 members (excludes halogenated alkanes) is 5. The predicted octanol–water partition coefficient (Wildman–Crippen LogP) is 3.59. The number of rotatable bonds is 17. The number of hydrogen-bond donors (Lipinski definition) is 7. The number of nitrogens with two attached hydrogens (primary N) is 1. The maximum Gasteiger partial charge on any atom is 0.408 e. The highest BCUT2D eigenvalue weighted by molar-refractivity contribution is 6.01. The maximum absolute atomic E-state index is 12.0. The van der Waals surface area contributed by atoms with Crippen LogP contribution in [0.1, 0.15) is 92.9 Å². The normalized spacial score (nSPS) is 11.8. The van der Waals surface area contributed by atoms with Gasteiger partial charge in [0.2, 0.25) is 0 Å². The van der Waals surface area contributed by atoms with Crippen LogP contribution in [0.5, 0.6) is 0 Å². The van der Waals surface area contributed by atoms with Gasteiger partial charge in [-0.2, -0.15) is 0 Å². The summed E-state index contributed by atoms with van der Waals surface area (Å²) >= 11 is 0. The van der Waals surface area contributed by atoms with E-state index in [4.69, 9.17) is 15.2 Å². The molecule has 0 saturated heterocycles. The SMILES string of the molecule is CC(C)(C)CCCCCNC(=O)NC(=O)NC(=O)NCCCCCCNC(=O)OC[C@H](COC(N)=O)NC(=O)OC(C)(C)C. The van der Waals surface area contributed by atoms with Crippen molar-refractivity contribution in [2.24, 2.45) is 11.1 Å². The van der Waals surface area contributed by atoms with Crippen LogP contribution < -0.4 is 37.6 Å². The monoisotopic (exact) mass is 631 g/mol. The fourth-order valence-electron chi connectivity index (χ4n) is 3.50. The van der Waals surface area contributed by atoms with E-state index in [0.29, 0.717) is 32.5 Å². The van der Waals surface area contributed by atoms with Crippen molar-refractivity contribution in [3.63, 3.8) is 0 Å². The molecule has 0 unspecified atom stereocenters. The number of nitrogens with one attached hydrogen (secondary N) is 6. The van der Waals surface area contributed by atoms with Gasteiger partial charge in [0, 0.05) is 19.6 Å². The smallest absolute Gasteiger partial charge is 0.408 e. The number of primary amides is 1. The summed E-state index contributed by atoms with van der Waals surface area (Å²) in [6, 6.07) is -3.17. The highest BCUT2D eigenvalue weighted by Gasteiger charge is 2.21. The van der Waals surface area contributed by atoms with Crippen LogP contribution in [-0.4, -0.2) is 80.9 Å². The third kappa shape index (κ3) is 26.9. The summed E-state index contributed by atoms with van der Waals surface area (Å²) in [4.78, 5) is 70.2. The Labute approximate surface area is 260 Å². The van der Waals surface area contributed by atoms with Crippen LogP contribution in [0.25, 0.3) is 0 Å². The average molecular weight is 632 g/mol. The molecule has 0 rings (SSSR count). The highest BCUT2D eigenvalue weighted by atomic mass is 16.6. The fourth-order valence-corrected chi connectivity index (χ4v) is 3.50. The van der Waals surface area contributed by atoms with Crippen LogP contribution in [0.15, 0.2) is 0 Å². The van der Waals surface area contributed by atoms with Gasteiger partial charge in [-0.1, -0.05) is 46.5 Å². The molecule has 254 valence electrons. The van der Waals surface area contributed by atoms with E-state index in [1.807, 2.05) is 10.6 Å². The molecular weight excluding hydrogens is 578 g/mol. The van der Waals surface area contributed by atoms with Gasteiger partial charge < -0.3 is 41.2 Å². The van der Waals surface area contributed by atoms with Gasteiger partial charge in [0.1, 0.15) is 24.9 Å². The van der Waals surface area contributed by atoms with Crippen molar-refractivity contribution in [3.8, 4) is 0 Å². The van der Waals surface area contributed by atoms with E-state index in [1.54, 1.807) is 20.8 Å². The number of urea groups is 3. The van der Waals surface area contributed by atoms with E-state index in [1.165, 1.54) is 0 Å². The third-order valence-electron chi connectivity index (χ3n) is 5.56. The molecule has 0 bridgehead atoms. The molecule has 8 N–H and O–H groups in total. The topological polar surface area (TPSA) is 228 Å². The number of imide groups is 2. The van der Waals surface area contributed by atoms with Crippen LogP contribution in [0.4, 0.5) is 28.8 Å². The largest absolute Gasteiger partial charge is 0.447 e. The first-order chi connectivity index (χ1) is 20.5. The Morgan fingerprint density at radius 1 is 0.614 bits per heavy atom. The van der Waals surface area contributed by atoms with E-state index in [2.05, 4.69) is 46.8 Å². The van der Waals surface area contributed by atoms with Gasteiger partial charge in [-0.05, 0) is 51.9 Å². The minimum absolute atomic E-state index is 0.282. The molecule has 0 fully saturated rings. The van der Waals surface area contributed by atoms with Crippen molar-refractivity contribution in [1.29, 1.82) is 0 Å². The van der Waals surface area contributed by atoms with Crippen LogP contribution in [-0.2, 0) is 14.2 Å². The lowest BCUT2D eigenvalue weighted by atomic mass is 9.89. The summed E-state index contributed by atoms with van der Waals surface area (Å²) < 4.78 is 14.9. The molecule has 0 spiro atoms. The Bertz CT molecular complexity index is 918. The standard InChI is InChI=1S/C28H53N7O9/c1-27(2,3)14-10-9-13-16-31-23(38)35-24(39)34-22(37)30-15-11-7-8-12-17-32-25(40)43-19-20(18-42-21(29)36)33-26(41)44-28(4,5)6/h20H,7-19H2,1-6H3,(H2,29,36)(H,32,40)(H,33,41)(H4,30,31,34,35,37,38,39)/t20-/m0/s1. The molecule has 16 nitrogen and oxygen atoms in total. The minimum Gasteiger partial charge on any atom is -0.447 e. The number of ether oxygens (including phenoxy) is 3. The van der Waals surface area contributed by atoms with Crippen LogP contribution in [0, 0.1) is 5.41 Å². The lowest BCUT2D eigenvalue weighted by Gasteiger charge is -2.23. The van der Waals surface area contributed by atoms with E-state index in [0.717, 1.165) is 38.5 Å². The predicted molar refractivity (Wildman–Crippen MR) is 163 cm³/mol. The zero-order valence-electron chi connectivity index (χ0n) is 27.0. The molecule has 0 aromatic carbocycles. The number of amides is 9. The quantitative estimate of drug-likeness (QED) is 0.0917. The first-order valence-electron chi connectivity index (χ1n) is 14.9. The first-order valence-corrected chi connectivity index (χ1v) is 14.9. The lowest BCUT2D eigenvalue weighted by Crippen LogP contribution is -2.49. The molecule has 0 aromatic rings. The molecule has 0 aromatic heterocycles. The first kappa shape index (κ1) is 40.0. The van der Waals surface area contributed by atoms with Crippen molar-refractivity contribution < 1.29 is 43.0 Å². The minimum atomic E-state index is -1.04. The van der Waals surface area contributed by atoms with Crippen molar-refractivity contribution in [3.05, 3.63) is 0 Å². The molecule has 9 amide bonds. The van der Waals surface area contributed by atoms with Gasteiger partial charge in [-0.15, -0.1) is 0 Å². The molecule has 0 radical (unpaired) electrons. The van der Waals surface area contributed by atoms with Gasteiger partial charge in [-0.3, -0.25) is 10.6 Å².